The molecule has 0 radical (unpaired) electrons. The molecular formula is C22H26N2O4. The standard InChI is InChI=1S/C22H26N2O4/c1-4-15(2)18-12-8-9-13-19(18)24-21(26)16(3)28-20(25)14-23-22(27)17-10-6-5-7-11-17/h5-13,15-16H,4,14H2,1-3H3,(H,23,27)(H,24,26)/t15-,16-/m1/s1. The van der Waals surface area contributed by atoms with Crippen molar-refractivity contribution in [3.8, 4) is 0 Å². The molecule has 0 aliphatic heterocycles. The van der Waals surface area contributed by atoms with Gasteiger partial charge in [0.1, 0.15) is 6.54 Å². The van der Waals surface area contributed by atoms with E-state index in [9.17, 15) is 14.4 Å². The summed E-state index contributed by atoms with van der Waals surface area (Å²) in [6.07, 6.45) is -0.0375. The Hall–Kier alpha value is -3.15. The highest BCUT2D eigenvalue weighted by atomic mass is 16.5. The number of carbonyl (C=O) groups is 3. The average molecular weight is 382 g/mol. The smallest absolute Gasteiger partial charge is 0.326 e. The quantitative estimate of drug-likeness (QED) is 0.685. The van der Waals surface area contributed by atoms with Crippen molar-refractivity contribution in [2.24, 2.45) is 0 Å². The van der Waals surface area contributed by atoms with Crippen LogP contribution in [-0.4, -0.2) is 30.4 Å². The largest absolute Gasteiger partial charge is 0.451 e. The van der Waals surface area contributed by atoms with E-state index in [4.69, 9.17) is 4.74 Å². The van der Waals surface area contributed by atoms with E-state index < -0.39 is 18.0 Å². The van der Waals surface area contributed by atoms with Gasteiger partial charge in [-0.05, 0) is 43.0 Å². The number of hydrogen-bond donors (Lipinski definition) is 2. The maximum atomic E-state index is 12.4. The molecule has 2 amide bonds. The molecule has 0 aliphatic carbocycles. The number of amides is 2. The van der Waals surface area contributed by atoms with Gasteiger partial charge in [0, 0.05) is 11.3 Å². The van der Waals surface area contributed by atoms with E-state index in [1.807, 2.05) is 24.3 Å². The molecule has 0 saturated carbocycles. The van der Waals surface area contributed by atoms with Crippen molar-refractivity contribution < 1.29 is 19.1 Å². The normalized spacial score (nSPS) is 12.5. The second-order valence-corrected chi connectivity index (χ2v) is 6.57. The minimum Gasteiger partial charge on any atom is -0.451 e. The van der Waals surface area contributed by atoms with Crippen molar-refractivity contribution in [3.05, 3.63) is 65.7 Å². The molecule has 2 rings (SSSR count). The SMILES string of the molecule is CC[C@@H](C)c1ccccc1NC(=O)[C@@H](C)OC(=O)CNC(=O)c1ccccc1. The molecule has 0 unspecified atom stereocenters. The molecule has 2 aromatic carbocycles. The lowest BCUT2D eigenvalue weighted by Crippen LogP contribution is -2.36. The zero-order valence-electron chi connectivity index (χ0n) is 16.4. The molecule has 0 heterocycles. The summed E-state index contributed by atoms with van der Waals surface area (Å²) in [6.45, 7) is 5.36. The van der Waals surface area contributed by atoms with Crippen LogP contribution in [0.1, 0.15) is 49.0 Å². The number of rotatable bonds is 8. The number of para-hydroxylation sites is 1. The second kappa shape index (κ2) is 10.3. The van der Waals surface area contributed by atoms with Crippen LogP contribution in [0.3, 0.4) is 0 Å². The Morgan fingerprint density at radius 3 is 2.29 bits per heavy atom. The number of carbonyl (C=O) groups excluding carboxylic acids is 3. The highest BCUT2D eigenvalue weighted by Gasteiger charge is 2.20. The Balaban J connectivity index is 1.87. The van der Waals surface area contributed by atoms with Crippen molar-refractivity contribution in [2.45, 2.75) is 39.2 Å². The zero-order valence-corrected chi connectivity index (χ0v) is 16.4. The molecule has 0 saturated heterocycles. The predicted octanol–water partition coefficient (Wildman–Crippen LogP) is 3.50. The minimum absolute atomic E-state index is 0.294. The van der Waals surface area contributed by atoms with Gasteiger partial charge in [0.25, 0.3) is 11.8 Å². The third-order valence-corrected chi connectivity index (χ3v) is 4.47. The van der Waals surface area contributed by atoms with E-state index in [-0.39, 0.29) is 12.5 Å². The van der Waals surface area contributed by atoms with Crippen molar-refractivity contribution >= 4 is 23.5 Å². The van der Waals surface area contributed by atoms with E-state index in [0.29, 0.717) is 17.2 Å². The molecule has 0 aromatic heterocycles. The molecule has 0 bridgehead atoms. The molecule has 0 spiro atoms. The van der Waals surface area contributed by atoms with E-state index in [1.54, 1.807) is 30.3 Å². The fourth-order valence-corrected chi connectivity index (χ4v) is 2.63. The molecule has 0 fully saturated rings. The molecular weight excluding hydrogens is 356 g/mol. The number of hydrogen-bond acceptors (Lipinski definition) is 4. The van der Waals surface area contributed by atoms with Crippen LogP contribution in [0, 0.1) is 0 Å². The summed E-state index contributed by atoms with van der Waals surface area (Å²) >= 11 is 0. The summed E-state index contributed by atoms with van der Waals surface area (Å²) in [5, 5.41) is 5.30. The first kappa shape index (κ1) is 21.2. The van der Waals surface area contributed by atoms with Gasteiger partial charge in [0.05, 0.1) is 0 Å². The average Bonchev–Trinajstić information content (AvgIpc) is 2.72. The van der Waals surface area contributed by atoms with Crippen LogP contribution in [0.5, 0.6) is 0 Å². The van der Waals surface area contributed by atoms with Crippen molar-refractivity contribution in [1.29, 1.82) is 0 Å². The van der Waals surface area contributed by atoms with Gasteiger partial charge in [-0.1, -0.05) is 50.2 Å². The molecule has 0 aliphatic rings. The van der Waals surface area contributed by atoms with Gasteiger partial charge >= 0.3 is 5.97 Å². The topological polar surface area (TPSA) is 84.5 Å². The van der Waals surface area contributed by atoms with Crippen LogP contribution in [0.4, 0.5) is 5.69 Å². The summed E-state index contributed by atoms with van der Waals surface area (Å²) in [4.78, 5) is 36.3. The molecule has 148 valence electrons. The number of anilines is 1. The molecule has 28 heavy (non-hydrogen) atoms. The number of nitrogens with one attached hydrogen (secondary N) is 2. The summed E-state index contributed by atoms with van der Waals surface area (Å²) in [7, 11) is 0. The Labute approximate surface area is 165 Å². The number of benzene rings is 2. The van der Waals surface area contributed by atoms with Crippen molar-refractivity contribution in [1.82, 2.24) is 5.32 Å². The van der Waals surface area contributed by atoms with E-state index in [0.717, 1.165) is 12.0 Å². The third-order valence-electron chi connectivity index (χ3n) is 4.47. The lowest BCUT2D eigenvalue weighted by Gasteiger charge is -2.18. The first-order valence-electron chi connectivity index (χ1n) is 9.34. The maximum absolute atomic E-state index is 12.4. The van der Waals surface area contributed by atoms with E-state index in [2.05, 4.69) is 24.5 Å². The van der Waals surface area contributed by atoms with Gasteiger partial charge in [-0.2, -0.15) is 0 Å². The first-order chi connectivity index (χ1) is 13.4. The van der Waals surface area contributed by atoms with Crippen molar-refractivity contribution in [3.63, 3.8) is 0 Å². The lowest BCUT2D eigenvalue weighted by molar-refractivity contribution is -0.152. The summed E-state index contributed by atoms with van der Waals surface area (Å²) in [5.74, 6) is -1.18. The Morgan fingerprint density at radius 1 is 0.964 bits per heavy atom. The molecule has 6 heteroatoms. The van der Waals surface area contributed by atoms with Gasteiger partial charge in [-0.15, -0.1) is 0 Å². The Kier molecular flexibility index (Phi) is 7.75. The van der Waals surface area contributed by atoms with Crippen molar-refractivity contribution in [2.75, 3.05) is 11.9 Å². The summed E-state index contributed by atoms with van der Waals surface area (Å²) in [6, 6.07) is 16.1. The van der Waals surface area contributed by atoms with Crippen LogP contribution in [-0.2, 0) is 14.3 Å². The van der Waals surface area contributed by atoms with Crippen LogP contribution in [0.25, 0.3) is 0 Å². The van der Waals surface area contributed by atoms with Gasteiger partial charge in [-0.25, -0.2) is 0 Å². The fraction of sp³-hybridized carbons (Fsp3) is 0.318. The Bertz CT molecular complexity index is 820. The number of esters is 1. The predicted molar refractivity (Wildman–Crippen MR) is 108 cm³/mol. The van der Waals surface area contributed by atoms with Crippen LogP contribution >= 0.6 is 0 Å². The van der Waals surface area contributed by atoms with Gasteiger partial charge in [0.2, 0.25) is 0 Å². The van der Waals surface area contributed by atoms with Crippen LogP contribution in [0.15, 0.2) is 54.6 Å². The van der Waals surface area contributed by atoms with Gasteiger partial charge in [-0.3, -0.25) is 14.4 Å². The maximum Gasteiger partial charge on any atom is 0.326 e. The molecule has 6 nitrogen and oxygen atoms in total. The monoisotopic (exact) mass is 382 g/mol. The van der Waals surface area contributed by atoms with Crippen LogP contribution in [0.2, 0.25) is 0 Å². The third kappa shape index (κ3) is 5.94. The Morgan fingerprint density at radius 2 is 1.61 bits per heavy atom. The highest BCUT2D eigenvalue weighted by molar-refractivity contribution is 5.97. The highest BCUT2D eigenvalue weighted by Crippen LogP contribution is 2.26. The molecule has 2 aromatic rings. The van der Waals surface area contributed by atoms with E-state index >= 15 is 0 Å². The fourth-order valence-electron chi connectivity index (χ4n) is 2.63. The first-order valence-corrected chi connectivity index (χ1v) is 9.34. The summed E-state index contributed by atoms with van der Waals surface area (Å²) < 4.78 is 5.13. The molecule has 2 N–H and O–H groups in total. The van der Waals surface area contributed by atoms with Gasteiger partial charge < -0.3 is 15.4 Å². The lowest BCUT2D eigenvalue weighted by atomic mass is 9.97. The minimum atomic E-state index is -0.980. The summed E-state index contributed by atoms with van der Waals surface area (Å²) in [5.41, 5.74) is 2.19. The van der Waals surface area contributed by atoms with E-state index in [1.165, 1.54) is 6.92 Å². The number of ether oxygens (including phenoxy) is 1. The second-order valence-electron chi connectivity index (χ2n) is 6.57. The molecule has 2 atom stereocenters. The van der Waals surface area contributed by atoms with Crippen LogP contribution < -0.4 is 10.6 Å². The zero-order chi connectivity index (χ0) is 20.5. The van der Waals surface area contributed by atoms with Gasteiger partial charge in [0.15, 0.2) is 6.10 Å².